The Labute approximate surface area is 198 Å². The second kappa shape index (κ2) is 9.39. The largest absolute Gasteiger partial charge is 0.468 e. The molecule has 1 N–H and O–H groups in total. The van der Waals surface area contributed by atoms with Crippen LogP contribution >= 0.6 is 0 Å². The number of urea groups is 1. The van der Waals surface area contributed by atoms with E-state index < -0.39 is 53.2 Å². The van der Waals surface area contributed by atoms with E-state index in [1.54, 1.807) is 20.8 Å². The molecule has 1 aromatic heterocycles. The number of hydrogen-bond acceptors (Lipinski definition) is 7. The van der Waals surface area contributed by atoms with E-state index in [1.165, 1.54) is 11.1 Å². The highest BCUT2D eigenvalue weighted by molar-refractivity contribution is 5.82. The van der Waals surface area contributed by atoms with Crippen molar-refractivity contribution in [3.05, 3.63) is 47.4 Å². The second-order valence-corrected chi connectivity index (χ2v) is 9.00. The first kappa shape index (κ1) is 24.2. The van der Waals surface area contributed by atoms with Crippen LogP contribution in [0, 0.1) is 17.5 Å². The molecular formula is C22H23F3N6O4. The highest BCUT2D eigenvalue weighted by Crippen LogP contribution is 2.31. The van der Waals surface area contributed by atoms with Crippen LogP contribution in [0.15, 0.2) is 29.5 Å². The van der Waals surface area contributed by atoms with Crippen LogP contribution in [0.1, 0.15) is 38.8 Å². The minimum absolute atomic E-state index is 0.105. The number of nitrogens with zero attached hydrogens (tertiary/aromatic N) is 5. The quantitative estimate of drug-likeness (QED) is 0.694. The summed E-state index contributed by atoms with van der Waals surface area (Å²) < 4.78 is 52.0. The molecule has 0 radical (unpaired) electrons. The molecule has 13 heteroatoms. The van der Waals surface area contributed by atoms with Crippen molar-refractivity contribution in [2.75, 3.05) is 18.4 Å². The molecule has 2 aromatic rings. The summed E-state index contributed by atoms with van der Waals surface area (Å²) in [5.41, 5.74) is -0.457. The molecule has 35 heavy (non-hydrogen) atoms. The molecule has 3 heterocycles. The Hall–Kier alpha value is -3.90. The SMILES string of the molecule is CC(C)(C)OC(=O)Nc1ncc(F)c(OC2CN(C(=O)N3N=CC[C@H]3c3cc(F)cc(F)c3)C2)n1. The molecule has 0 unspecified atom stereocenters. The fraction of sp³-hybridized carbons (Fsp3) is 0.409. The summed E-state index contributed by atoms with van der Waals surface area (Å²) >= 11 is 0. The lowest BCUT2D eigenvalue weighted by Crippen LogP contribution is -2.59. The van der Waals surface area contributed by atoms with Crippen molar-refractivity contribution in [3.8, 4) is 5.88 Å². The van der Waals surface area contributed by atoms with Gasteiger partial charge in [-0.15, -0.1) is 0 Å². The minimum atomic E-state index is -0.846. The Morgan fingerprint density at radius 1 is 1.11 bits per heavy atom. The van der Waals surface area contributed by atoms with Gasteiger partial charge in [0.25, 0.3) is 5.88 Å². The van der Waals surface area contributed by atoms with E-state index in [1.807, 2.05) is 0 Å². The van der Waals surface area contributed by atoms with E-state index in [9.17, 15) is 22.8 Å². The van der Waals surface area contributed by atoms with Crippen molar-refractivity contribution in [1.82, 2.24) is 19.9 Å². The number of hydrogen-bond donors (Lipinski definition) is 1. The van der Waals surface area contributed by atoms with Gasteiger partial charge in [-0.25, -0.2) is 28.4 Å². The summed E-state index contributed by atoms with van der Waals surface area (Å²) in [6.07, 6.45) is 1.26. The molecule has 10 nitrogen and oxygen atoms in total. The second-order valence-electron chi connectivity index (χ2n) is 9.00. The third kappa shape index (κ3) is 5.78. The third-order valence-electron chi connectivity index (χ3n) is 5.02. The molecule has 4 rings (SSSR count). The lowest BCUT2D eigenvalue weighted by Gasteiger charge is -2.40. The summed E-state index contributed by atoms with van der Waals surface area (Å²) in [5, 5.41) is 7.49. The number of ether oxygens (including phenoxy) is 2. The molecule has 0 spiro atoms. The number of amides is 3. The van der Waals surface area contributed by atoms with Gasteiger partial charge in [-0.1, -0.05) is 0 Å². The standard InChI is InChI=1S/C22H23F3N6O4/c1-22(2,3)35-20(32)29-19-26-9-16(25)18(28-19)34-15-10-30(11-15)21(33)31-17(4-5-27-31)12-6-13(23)8-14(24)7-12/h5-9,15,17H,4,10-11H2,1-3H3,(H,26,28,29,32)/t17-/m0/s1. The van der Waals surface area contributed by atoms with Crippen molar-refractivity contribution in [3.63, 3.8) is 0 Å². The van der Waals surface area contributed by atoms with Crippen molar-refractivity contribution >= 4 is 24.3 Å². The van der Waals surface area contributed by atoms with E-state index in [-0.39, 0.29) is 24.6 Å². The summed E-state index contributed by atoms with van der Waals surface area (Å²) in [5.74, 6) is -2.94. The number of carbonyl (C=O) groups excluding carboxylic acids is 2. The highest BCUT2D eigenvalue weighted by Gasteiger charge is 2.39. The molecule has 1 aromatic carbocycles. The summed E-state index contributed by atoms with van der Waals surface area (Å²) in [6, 6.07) is 1.94. The number of nitrogens with one attached hydrogen (secondary N) is 1. The topological polar surface area (TPSA) is 109 Å². The van der Waals surface area contributed by atoms with E-state index >= 15 is 0 Å². The molecule has 0 bridgehead atoms. The van der Waals surface area contributed by atoms with Crippen LogP contribution in [0.4, 0.5) is 28.7 Å². The van der Waals surface area contributed by atoms with Crippen LogP contribution in [0.25, 0.3) is 0 Å². The van der Waals surface area contributed by atoms with E-state index in [4.69, 9.17) is 9.47 Å². The van der Waals surface area contributed by atoms with Gasteiger partial charge in [0.1, 0.15) is 23.3 Å². The number of benzene rings is 1. The van der Waals surface area contributed by atoms with Crippen LogP contribution in [0.5, 0.6) is 5.88 Å². The first-order valence-corrected chi connectivity index (χ1v) is 10.7. The van der Waals surface area contributed by atoms with Crippen LogP contribution in [0.2, 0.25) is 0 Å². The van der Waals surface area contributed by atoms with E-state index in [0.29, 0.717) is 6.42 Å². The van der Waals surface area contributed by atoms with Gasteiger partial charge in [-0.2, -0.15) is 14.5 Å². The molecule has 3 amide bonds. The summed E-state index contributed by atoms with van der Waals surface area (Å²) in [6.45, 7) is 5.26. The van der Waals surface area contributed by atoms with Gasteiger partial charge in [0.15, 0.2) is 0 Å². The Balaban J connectivity index is 1.35. The smallest absolute Gasteiger partial charge is 0.414 e. The average molecular weight is 492 g/mol. The lowest BCUT2D eigenvalue weighted by molar-refractivity contribution is 0.0230. The molecule has 1 saturated heterocycles. The number of halogens is 3. The highest BCUT2D eigenvalue weighted by atomic mass is 19.1. The van der Waals surface area contributed by atoms with E-state index in [2.05, 4.69) is 20.4 Å². The number of aromatic nitrogens is 2. The monoisotopic (exact) mass is 492 g/mol. The maximum Gasteiger partial charge on any atom is 0.414 e. The zero-order chi connectivity index (χ0) is 25.3. The average Bonchev–Trinajstić information content (AvgIpc) is 3.20. The van der Waals surface area contributed by atoms with Gasteiger partial charge < -0.3 is 14.4 Å². The molecule has 186 valence electrons. The van der Waals surface area contributed by atoms with Crippen molar-refractivity contribution < 1.29 is 32.2 Å². The fourth-order valence-corrected chi connectivity index (χ4v) is 3.50. The van der Waals surface area contributed by atoms with Gasteiger partial charge in [0.05, 0.1) is 25.3 Å². The van der Waals surface area contributed by atoms with Crippen molar-refractivity contribution in [2.45, 2.75) is 44.9 Å². The van der Waals surface area contributed by atoms with Gasteiger partial charge in [0.2, 0.25) is 11.8 Å². The number of carbonyl (C=O) groups is 2. The molecule has 0 aliphatic carbocycles. The predicted octanol–water partition coefficient (Wildman–Crippen LogP) is 3.86. The molecular weight excluding hydrogens is 469 g/mol. The third-order valence-corrected chi connectivity index (χ3v) is 5.02. The first-order valence-electron chi connectivity index (χ1n) is 10.7. The zero-order valence-electron chi connectivity index (χ0n) is 19.2. The predicted molar refractivity (Wildman–Crippen MR) is 117 cm³/mol. The number of anilines is 1. The molecule has 2 aliphatic rings. The Morgan fingerprint density at radius 2 is 1.80 bits per heavy atom. The van der Waals surface area contributed by atoms with Gasteiger partial charge in [-0.3, -0.25) is 5.32 Å². The van der Waals surface area contributed by atoms with Gasteiger partial charge in [0, 0.05) is 18.7 Å². The number of hydrazone groups is 1. The molecule has 1 atom stereocenters. The number of rotatable bonds is 4. The maximum atomic E-state index is 14.1. The van der Waals surface area contributed by atoms with Crippen LogP contribution in [-0.4, -0.2) is 63.0 Å². The van der Waals surface area contributed by atoms with Crippen molar-refractivity contribution in [2.24, 2.45) is 5.10 Å². The molecule has 2 aliphatic heterocycles. The minimum Gasteiger partial charge on any atom is -0.468 e. The maximum absolute atomic E-state index is 14.1. The first-order chi connectivity index (χ1) is 16.5. The van der Waals surface area contributed by atoms with Crippen LogP contribution in [0.3, 0.4) is 0 Å². The normalized spacial score (nSPS) is 17.8. The van der Waals surface area contributed by atoms with Crippen LogP contribution < -0.4 is 10.1 Å². The zero-order valence-corrected chi connectivity index (χ0v) is 19.2. The van der Waals surface area contributed by atoms with Crippen LogP contribution in [-0.2, 0) is 4.74 Å². The molecule has 1 fully saturated rings. The number of likely N-dealkylation sites (tertiary alicyclic amines) is 1. The Bertz CT molecular complexity index is 1150. The molecule has 0 saturated carbocycles. The fourth-order valence-electron chi connectivity index (χ4n) is 3.50. The van der Waals surface area contributed by atoms with Gasteiger partial charge >= 0.3 is 12.1 Å². The van der Waals surface area contributed by atoms with Gasteiger partial charge in [-0.05, 0) is 38.5 Å². The van der Waals surface area contributed by atoms with E-state index in [0.717, 1.165) is 29.4 Å². The Kier molecular flexibility index (Phi) is 6.50. The summed E-state index contributed by atoms with van der Waals surface area (Å²) in [4.78, 5) is 33.7. The lowest BCUT2D eigenvalue weighted by atomic mass is 10.0. The summed E-state index contributed by atoms with van der Waals surface area (Å²) in [7, 11) is 0. The Morgan fingerprint density at radius 3 is 2.46 bits per heavy atom. The van der Waals surface area contributed by atoms with Crippen molar-refractivity contribution in [1.29, 1.82) is 0 Å².